The zero-order valence-corrected chi connectivity index (χ0v) is 16.2. The maximum absolute atomic E-state index is 6.32. The zero-order valence-electron chi connectivity index (χ0n) is 14.7. The lowest BCUT2D eigenvalue weighted by Crippen LogP contribution is -2.25. The second kappa shape index (κ2) is 8.44. The SMILES string of the molecule is CC(C)c1cc(Cc2c(Cl)cccc2Cl)ccc1OC1CCCCO1. The van der Waals surface area contributed by atoms with Crippen LogP contribution in [0.5, 0.6) is 5.75 Å². The van der Waals surface area contributed by atoms with Crippen molar-refractivity contribution in [2.75, 3.05) is 6.61 Å². The van der Waals surface area contributed by atoms with Crippen LogP contribution in [0.2, 0.25) is 10.0 Å². The highest BCUT2D eigenvalue weighted by Crippen LogP contribution is 2.32. The minimum absolute atomic E-state index is 0.130. The average molecular weight is 379 g/mol. The third-order valence-corrected chi connectivity index (χ3v) is 5.24. The van der Waals surface area contributed by atoms with E-state index in [0.717, 1.165) is 37.2 Å². The van der Waals surface area contributed by atoms with E-state index in [4.69, 9.17) is 32.7 Å². The maximum atomic E-state index is 6.32. The molecule has 0 radical (unpaired) electrons. The van der Waals surface area contributed by atoms with E-state index in [-0.39, 0.29) is 6.29 Å². The molecule has 1 heterocycles. The third-order valence-electron chi connectivity index (χ3n) is 4.54. The summed E-state index contributed by atoms with van der Waals surface area (Å²) in [4.78, 5) is 0. The van der Waals surface area contributed by atoms with E-state index in [9.17, 15) is 0 Å². The van der Waals surface area contributed by atoms with Gasteiger partial charge in [0.1, 0.15) is 5.75 Å². The topological polar surface area (TPSA) is 18.5 Å². The van der Waals surface area contributed by atoms with Crippen LogP contribution < -0.4 is 4.74 Å². The van der Waals surface area contributed by atoms with Crippen LogP contribution in [0.4, 0.5) is 0 Å². The Bertz CT molecular complexity index is 702. The van der Waals surface area contributed by atoms with Gasteiger partial charge in [-0.05, 0) is 53.6 Å². The molecule has 3 rings (SSSR count). The molecule has 0 saturated carbocycles. The van der Waals surface area contributed by atoms with Gasteiger partial charge in [0.05, 0.1) is 6.61 Å². The summed E-state index contributed by atoms with van der Waals surface area (Å²) in [6, 6.07) is 12.0. The molecule has 2 aromatic carbocycles. The van der Waals surface area contributed by atoms with Gasteiger partial charge >= 0.3 is 0 Å². The minimum atomic E-state index is -0.130. The minimum Gasteiger partial charge on any atom is -0.465 e. The van der Waals surface area contributed by atoms with Crippen molar-refractivity contribution < 1.29 is 9.47 Å². The smallest absolute Gasteiger partial charge is 0.199 e. The van der Waals surface area contributed by atoms with E-state index in [1.807, 2.05) is 24.3 Å². The van der Waals surface area contributed by atoms with Gasteiger partial charge in [0.15, 0.2) is 6.29 Å². The standard InChI is InChI=1S/C21H24Cl2O2/c1-14(2)16-12-15(13-17-18(22)6-5-7-19(17)23)9-10-20(16)25-21-8-3-4-11-24-21/h5-7,9-10,12,14,21H,3-4,8,11,13H2,1-2H3. The molecule has 0 aliphatic carbocycles. The van der Waals surface area contributed by atoms with Crippen LogP contribution in [0.15, 0.2) is 36.4 Å². The van der Waals surface area contributed by atoms with Crippen molar-refractivity contribution in [3.05, 3.63) is 63.1 Å². The number of rotatable bonds is 5. The number of benzene rings is 2. The molecule has 1 unspecified atom stereocenters. The Morgan fingerprint density at radius 1 is 1.12 bits per heavy atom. The zero-order chi connectivity index (χ0) is 17.8. The number of ether oxygens (including phenoxy) is 2. The first-order chi connectivity index (χ1) is 12.0. The summed E-state index contributed by atoms with van der Waals surface area (Å²) in [7, 11) is 0. The Morgan fingerprint density at radius 2 is 1.88 bits per heavy atom. The molecule has 0 N–H and O–H groups in total. The summed E-state index contributed by atoms with van der Waals surface area (Å²) < 4.78 is 11.8. The lowest BCUT2D eigenvalue weighted by atomic mass is 9.96. The second-order valence-electron chi connectivity index (χ2n) is 6.82. The van der Waals surface area contributed by atoms with E-state index in [0.29, 0.717) is 22.4 Å². The van der Waals surface area contributed by atoms with Crippen molar-refractivity contribution in [2.45, 2.75) is 51.7 Å². The molecule has 1 atom stereocenters. The fourth-order valence-electron chi connectivity index (χ4n) is 3.12. The van der Waals surface area contributed by atoms with Crippen molar-refractivity contribution in [3.63, 3.8) is 0 Å². The average Bonchev–Trinajstić information content (AvgIpc) is 2.60. The predicted octanol–water partition coefficient (Wildman–Crippen LogP) is 6.61. The van der Waals surface area contributed by atoms with Crippen molar-refractivity contribution in [2.24, 2.45) is 0 Å². The highest BCUT2D eigenvalue weighted by molar-refractivity contribution is 6.36. The fourth-order valence-corrected chi connectivity index (χ4v) is 3.65. The Balaban J connectivity index is 1.83. The molecule has 1 fully saturated rings. The summed E-state index contributed by atoms with van der Waals surface area (Å²) in [5.74, 6) is 1.27. The molecular formula is C21H24Cl2O2. The first-order valence-corrected chi connectivity index (χ1v) is 9.64. The highest BCUT2D eigenvalue weighted by Gasteiger charge is 2.18. The Morgan fingerprint density at radius 3 is 2.52 bits per heavy atom. The van der Waals surface area contributed by atoms with Gasteiger partial charge in [-0.25, -0.2) is 0 Å². The van der Waals surface area contributed by atoms with Crippen LogP contribution in [0, 0.1) is 0 Å². The molecule has 1 aliphatic heterocycles. The number of halogens is 2. The largest absolute Gasteiger partial charge is 0.465 e. The molecule has 1 aliphatic rings. The monoisotopic (exact) mass is 378 g/mol. The van der Waals surface area contributed by atoms with Gasteiger partial charge in [-0.15, -0.1) is 0 Å². The summed E-state index contributed by atoms with van der Waals surface area (Å²) in [5.41, 5.74) is 3.33. The maximum Gasteiger partial charge on any atom is 0.199 e. The summed E-state index contributed by atoms with van der Waals surface area (Å²) in [6.45, 7) is 5.14. The van der Waals surface area contributed by atoms with Gasteiger partial charge in [0.25, 0.3) is 0 Å². The number of hydrogen-bond acceptors (Lipinski definition) is 2. The van der Waals surface area contributed by atoms with E-state index in [1.54, 1.807) is 0 Å². The van der Waals surface area contributed by atoms with E-state index in [2.05, 4.69) is 26.0 Å². The summed E-state index contributed by atoms with van der Waals surface area (Å²) >= 11 is 12.6. The quantitative estimate of drug-likeness (QED) is 0.582. The van der Waals surface area contributed by atoms with Crippen LogP contribution in [-0.4, -0.2) is 12.9 Å². The van der Waals surface area contributed by atoms with Gasteiger partial charge in [-0.2, -0.15) is 0 Å². The molecule has 0 amide bonds. The highest BCUT2D eigenvalue weighted by atomic mass is 35.5. The normalized spacial score (nSPS) is 17.7. The Labute approximate surface area is 160 Å². The molecule has 0 aromatic heterocycles. The molecule has 1 saturated heterocycles. The van der Waals surface area contributed by atoms with Crippen molar-refractivity contribution in [3.8, 4) is 5.75 Å². The van der Waals surface area contributed by atoms with E-state index < -0.39 is 0 Å². The molecule has 2 aromatic rings. The van der Waals surface area contributed by atoms with Gasteiger partial charge < -0.3 is 9.47 Å². The van der Waals surface area contributed by atoms with Crippen molar-refractivity contribution in [1.29, 1.82) is 0 Å². The van der Waals surface area contributed by atoms with Crippen LogP contribution in [-0.2, 0) is 11.2 Å². The van der Waals surface area contributed by atoms with Crippen LogP contribution in [0.25, 0.3) is 0 Å². The molecule has 2 nitrogen and oxygen atoms in total. The lowest BCUT2D eigenvalue weighted by molar-refractivity contribution is -0.106. The molecule has 4 heteroatoms. The molecule has 25 heavy (non-hydrogen) atoms. The predicted molar refractivity (Wildman–Crippen MR) is 104 cm³/mol. The van der Waals surface area contributed by atoms with Gasteiger partial charge in [-0.1, -0.05) is 55.2 Å². The third kappa shape index (κ3) is 4.69. The first-order valence-electron chi connectivity index (χ1n) is 8.88. The summed E-state index contributed by atoms with van der Waals surface area (Å²) in [6.07, 6.45) is 3.81. The molecule has 134 valence electrons. The van der Waals surface area contributed by atoms with Crippen molar-refractivity contribution >= 4 is 23.2 Å². The van der Waals surface area contributed by atoms with Crippen molar-refractivity contribution in [1.82, 2.24) is 0 Å². The second-order valence-corrected chi connectivity index (χ2v) is 7.63. The fraction of sp³-hybridized carbons (Fsp3) is 0.429. The van der Waals surface area contributed by atoms with Crippen LogP contribution in [0.3, 0.4) is 0 Å². The molecular weight excluding hydrogens is 355 g/mol. The lowest BCUT2D eigenvalue weighted by Gasteiger charge is -2.25. The Hall–Kier alpha value is -1.22. The molecule has 0 bridgehead atoms. The number of hydrogen-bond donors (Lipinski definition) is 0. The van der Waals surface area contributed by atoms with Gasteiger partial charge in [0, 0.05) is 22.9 Å². The van der Waals surface area contributed by atoms with Gasteiger partial charge in [-0.3, -0.25) is 0 Å². The first kappa shape index (κ1) is 18.6. The van der Waals surface area contributed by atoms with E-state index >= 15 is 0 Å². The Kier molecular flexibility index (Phi) is 6.27. The van der Waals surface area contributed by atoms with Crippen LogP contribution in [0.1, 0.15) is 55.7 Å². The summed E-state index contributed by atoms with van der Waals surface area (Å²) in [5, 5.41) is 1.41. The van der Waals surface area contributed by atoms with E-state index in [1.165, 1.54) is 11.1 Å². The van der Waals surface area contributed by atoms with Gasteiger partial charge in [0.2, 0.25) is 0 Å². The molecule has 0 spiro atoms. The van der Waals surface area contributed by atoms with Crippen LogP contribution >= 0.6 is 23.2 Å².